The van der Waals surface area contributed by atoms with E-state index >= 15 is 0 Å². The lowest BCUT2D eigenvalue weighted by molar-refractivity contribution is 0.481. The molecule has 4 nitrogen and oxygen atoms in total. The highest BCUT2D eigenvalue weighted by Gasteiger charge is 2.31. The highest BCUT2D eigenvalue weighted by Crippen LogP contribution is 2.28. The third kappa shape index (κ3) is 3.43. The van der Waals surface area contributed by atoms with E-state index in [0.29, 0.717) is 13.1 Å². The highest BCUT2D eigenvalue weighted by molar-refractivity contribution is 7.92. The average Bonchev–Trinajstić information content (AvgIpc) is 3.06. The van der Waals surface area contributed by atoms with Crippen LogP contribution in [-0.2, 0) is 10.0 Å². The summed E-state index contributed by atoms with van der Waals surface area (Å²) in [6.07, 6.45) is 4.21. The molecule has 1 saturated heterocycles. The first kappa shape index (κ1) is 14.9. The SMILES string of the molecule is O=S(=O)(/C=C/c1ccccc1)N1CCC(c2ccccn2)C1. The Kier molecular flexibility index (Phi) is 4.36. The third-order valence-corrected chi connectivity index (χ3v) is 5.38. The highest BCUT2D eigenvalue weighted by atomic mass is 32.2. The zero-order valence-electron chi connectivity index (χ0n) is 12.2. The Morgan fingerprint density at radius 2 is 1.86 bits per heavy atom. The molecule has 0 radical (unpaired) electrons. The van der Waals surface area contributed by atoms with Gasteiger partial charge in [-0.15, -0.1) is 0 Å². The molecule has 3 rings (SSSR count). The van der Waals surface area contributed by atoms with Gasteiger partial charge in [0.05, 0.1) is 0 Å². The van der Waals surface area contributed by atoms with Crippen LogP contribution in [0.4, 0.5) is 0 Å². The second kappa shape index (κ2) is 6.42. The molecule has 0 amide bonds. The molecular formula is C17H18N2O2S. The normalized spacial score (nSPS) is 19.7. The van der Waals surface area contributed by atoms with E-state index in [1.54, 1.807) is 12.3 Å². The number of sulfonamides is 1. The standard InChI is InChI=1S/C17H18N2O2S/c20-22(21,13-10-15-6-2-1-3-7-15)19-12-9-16(14-19)17-8-4-5-11-18-17/h1-8,10-11,13,16H,9,12,14H2/b13-10+. The predicted octanol–water partition coefficient (Wildman–Crippen LogP) is 2.87. The van der Waals surface area contributed by atoms with Crippen molar-refractivity contribution in [2.24, 2.45) is 0 Å². The topological polar surface area (TPSA) is 50.3 Å². The van der Waals surface area contributed by atoms with Crippen molar-refractivity contribution in [1.29, 1.82) is 0 Å². The van der Waals surface area contributed by atoms with Gasteiger partial charge in [0.2, 0.25) is 10.0 Å². The number of hydrogen-bond acceptors (Lipinski definition) is 3. The third-order valence-electron chi connectivity index (χ3n) is 3.85. The summed E-state index contributed by atoms with van der Waals surface area (Å²) in [5, 5.41) is 1.29. The lowest BCUT2D eigenvalue weighted by Gasteiger charge is -2.13. The molecule has 1 atom stereocenters. The number of aromatic nitrogens is 1. The van der Waals surface area contributed by atoms with Crippen LogP contribution in [0.25, 0.3) is 6.08 Å². The molecule has 0 spiro atoms. The van der Waals surface area contributed by atoms with Crippen LogP contribution in [0.3, 0.4) is 0 Å². The first-order valence-corrected chi connectivity index (χ1v) is 8.80. The Morgan fingerprint density at radius 1 is 1.09 bits per heavy atom. The molecule has 0 N–H and O–H groups in total. The summed E-state index contributed by atoms with van der Waals surface area (Å²) in [4.78, 5) is 4.33. The van der Waals surface area contributed by atoms with Crippen molar-refractivity contribution in [2.45, 2.75) is 12.3 Å². The van der Waals surface area contributed by atoms with Crippen molar-refractivity contribution in [3.63, 3.8) is 0 Å². The van der Waals surface area contributed by atoms with Gasteiger partial charge in [-0.3, -0.25) is 4.98 Å². The van der Waals surface area contributed by atoms with Crippen molar-refractivity contribution in [3.05, 3.63) is 71.4 Å². The fourth-order valence-electron chi connectivity index (χ4n) is 2.63. The molecule has 0 saturated carbocycles. The van der Waals surface area contributed by atoms with Gasteiger partial charge < -0.3 is 0 Å². The number of nitrogens with zero attached hydrogens (tertiary/aromatic N) is 2. The van der Waals surface area contributed by atoms with Crippen LogP contribution in [0.2, 0.25) is 0 Å². The second-order valence-corrected chi connectivity index (χ2v) is 7.18. The summed E-state index contributed by atoms with van der Waals surface area (Å²) < 4.78 is 26.3. The maximum atomic E-state index is 12.4. The first-order valence-electron chi connectivity index (χ1n) is 7.29. The van der Waals surface area contributed by atoms with Crippen molar-refractivity contribution in [2.75, 3.05) is 13.1 Å². The van der Waals surface area contributed by atoms with E-state index in [0.717, 1.165) is 17.7 Å². The maximum absolute atomic E-state index is 12.4. The Bertz CT molecular complexity index is 743. The molecule has 5 heteroatoms. The summed E-state index contributed by atoms with van der Waals surface area (Å²) in [5.41, 5.74) is 1.85. The predicted molar refractivity (Wildman–Crippen MR) is 87.6 cm³/mol. The summed E-state index contributed by atoms with van der Waals surface area (Å²) in [5.74, 6) is 0.182. The largest absolute Gasteiger partial charge is 0.261 e. The fraction of sp³-hybridized carbons (Fsp3) is 0.235. The van der Waals surface area contributed by atoms with Crippen LogP contribution >= 0.6 is 0 Å². The molecule has 1 fully saturated rings. The molecule has 0 aliphatic carbocycles. The van der Waals surface area contributed by atoms with Gasteiger partial charge in [0, 0.05) is 36.3 Å². The van der Waals surface area contributed by atoms with E-state index < -0.39 is 10.0 Å². The minimum absolute atomic E-state index is 0.182. The number of benzene rings is 1. The molecule has 2 heterocycles. The Hall–Kier alpha value is -1.98. The quantitative estimate of drug-likeness (QED) is 0.872. The Morgan fingerprint density at radius 3 is 2.59 bits per heavy atom. The van der Waals surface area contributed by atoms with Crippen LogP contribution < -0.4 is 0 Å². The number of hydrogen-bond donors (Lipinski definition) is 0. The van der Waals surface area contributed by atoms with Crippen molar-refractivity contribution >= 4 is 16.1 Å². The van der Waals surface area contributed by atoms with E-state index in [9.17, 15) is 8.42 Å². The molecule has 2 aromatic rings. The van der Waals surface area contributed by atoms with Gasteiger partial charge in [-0.05, 0) is 30.2 Å². The van der Waals surface area contributed by atoms with E-state index in [4.69, 9.17) is 0 Å². The number of rotatable bonds is 4. The summed E-state index contributed by atoms with van der Waals surface area (Å²) >= 11 is 0. The molecule has 0 bridgehead atoms. The monoisotopic (exact) mass is 314 g/mol. The van der Waals surface area contributed by atoms with E-state index in [1.165, 1.54) is 9.71 Å². The minimum atomic E-state index is -3.37. The van der Waals surface area contributed by atoms with Crippen molar-refractivity contribution < 1.29 is 8.42 Å². The smallest absolute Gasteiger partial charge is 0.236 e. The van der Waals surface area contributed by atoms with Gasteiger partial charge >= 0.3 is 0 Å². The zero-order valence-corrected chi connectivity index (χ0v) is 13.0. The summed E-state index contributed by atoms with van der Waals surface area (Å²) in [7, 11) is -3.37. The Balaban J connectivity index is 1.70. The maximum Gasteiger partial charge on any atom is 0.236 e. The molecule has 1 unspecified atom stereocenters. The van der Waals surface area contributed by atoms with Gasteiger partial charge in [-0.2, -0.15) is 4.31 Å². The minimum Gasteiger partial charge on any atom is -0.261 e. The van der Waals surface area contributed by atoms with Crippen LogP contribution in [0.15, 0.2) is 60.1 Å². The summed E-state index contributed by atoms with van der Waals surface area (Å²) in [6.45, 7) is 1.04. The number of pyridine rings is 1. The van der Waals surface area contributed by atoms with Gasteiger partial charge in [-0.1, -0.05) is 36.4 Å². The van der Waals surface area contributed by atoms with Gasteiger partial charge in [0.1, 0.15) is 0 Å². The average molecular weight is 314 g/mol. The van der Waals surface area contributed by atoms with Gasteiger partial charge in [0.15, 0.2) is 0 Å². The molecular weight excluding hydrogens is 296 g/mol. The van der Waals surface area contributed by atoms with E-state index in [2.05, 4.69) is 4.98 Å². The zero-order chi connectivity index (χ0) is 15.4. The molecule has 1 aliphatic heterocycles. The van der Waals surface area contributed by atoms with Gasteiger partial charge in [0.25, 0.3) is 0 Å². The molecule has 22 heavy (non-hydrogen) atoms. The van der Waals surface area contributed by atoms with E-state index in [-0.39, 0.29) is 5.92 Å². The first-order chi connectivity index (χ1) is 10.6. The molecule has 1 aromatic heterocycles. The molecule has 1 aliphatic rings. The van der Waals surface area contributed by atoms with Crippen molar-refractivity contribution in [1.82, 2.24) is 9.29 Å². The Labute approximate surface area is 131 Å². The summed E-state index contributed by atoms with van der Waals surface area (Å²) in [6, 6.07) is 15.2. The van der Waals surface area contributed by atoms with Crippen LogP contribution in [0.1, 0.15) is 23.6 Å². The van der Waals surface area contributed by atoms with Crippen LogP contribution in [0.5, 0.6) is 0 Å². The van der Waals surface area contributed by atoms with E-state index in [1.807, 2.05) is 48.5 Å². The second-order valence-electron chi connectivity index (χ2n) is 5.36. The molecule has 114 valence electrons. The fourth-order valence-corrected chi connectivity index (χ4v) is 3.88. The lowest BCUT2D eigenvalue weighted by Crippen LogP contribution is -2.26. The van der Waals surface area contributed by atoms with Crippen LogP contribution in [-0.4, -0.2) is 30.8 Å². The lowest BCUT2D eigenvalue weighted by atomic mass is 10.0. The van der Waals surface area contributed by atoms with Crippen molar-refractivity contribution in [3.8, 4) is 0 Å². The molecule has 1 aromatic carbocycles. The van der Waals surface area contributed by atoms with Gasteiger partial charge in [-0.25, -0.2) is 8.42 Å². The van der Waals surface area contributed by atoms with Crippen LogP contribution in [0, 0.1) is 0 Å².